The third-order valence-electron chi connectivity index (χ3n) is 4.28. The Hall–Kier alpha value is -0.570. The van der Waals surface area contributed by atoms with Crippen molar-refractivity contribution in [1.82, 2.24) is 4.90 Å². The fraction of sp³-hybridized carbons (Fsp3) is 0.923. The molecule has 1 fully saturated rings. The van der Waals surface area contributed by atoms with Gasteiger partial charge in [0, 0.05) is 6.04 Å². The van der Waals surface area contributed by atoms with E-state index >= 15 is 0 Å². The number of hydrogen-bond donors (Lipinski definition) is 0. The molecular weight excluding hydrogens is 202 g/mol. The van der Waals surface area contributed by atoms with Crippen molar-refractivity contribution in [2.24, 2.45) is 11.8 Å². The zero-order chi connectivity index (χ0) is 12.3. The Balaban J connectivity index is 2.56. The molecule has 1 aliphatic rings. The summed E-state index contributed by atoms with van der Waals surface area (Å²) in [6, 6.07) is 0.409. The number of esters is 1. The first-order chi connectivity index (χ1) is 7.51. The highest BCUT2D eigenvalue weighted by atomic mass is 16.5. The summed E-state index contributed by atoms with van der Waals surface area (Å²) >= 11 is 0. The minimum atomic E-state index is -0.130. The zero-order valence-electron chi connectivity index (χ0n) is 11.2. The molecule has 1 rings (SSSR count). The number of carbonyl (C=O) groups excluding carboxylic acids is 1. The summed E-state index contributed by atoms with van der Waals surface area (Å²) in [7, 11) is 3.50. The fourth-order valence-electron chi connectivity index (χ4n) is 2.85. The van der Waals surface area contributed by atoms with Crippen LogP contribution in [-0.4, -0.2) is 37.1 Å². The highest BCUT2D eigenvalue weighted by Gasteiger charge is 2.35. The van der Waals surface area contributed by atoms with E-state index in [0.29, 0.717) is 6.04 Å². The van der Waals surface area contributed by atoms with E-state index in [2.05, 4.69) is 18.7 Å². The van der Waals surface area contributed by atoms with Gasteiger partial charge in [-0.1, -0.05) is 20.3 Å². The van der Waals surface area contributed by atoms with Crippen LogP contribution < -0.4 is 0 Å². The molecule has 0 amide bonds. The molecule has 3 heteroatoms. The van der Waals surface area contributed by atoms with Gasteiger partial charge in [-0.2, -0.15) is 0 Å². The molecule has 0 radical (unpaired) electrons. The molecule has 0 aliphatic heterocycles. The van der Waals surface area contributed by atoms with Crippen molar-refractivity contribution in [1.29, 1.82) is 0 Å². The highest BCUT2D eigenvalue weighted by molar-refractivity contribution is 5.75. The van der Waals surface area contributed by atoms with Crippen LogP contribution in [0.5, 0.6) is 0 Å². The van der Waals surface area contributed by atoms with Gasteiger partial charge in [-0.05, 0) is 38.6 Å². The Kier molecular flexibility index (Phi) is 4.78. The van der Waals surface area contributed by atoms with Crippen LogP contribution in [-0.2, 0) is 9.53 Å². The van der Waals surface area contributed by atoms with Gasteiger partial charge in [-0.25, -0.2) is 0 Å². The first-order valence-electron chi connectivity index (χ1n) is 6.31. The van der Waals surface area contributed by atoms with Crippen LogP contribution in [0.4, 0.5) is 0 Å². The molecule has 0 aromatic rings. The number of carbonyl (C=O) groups is 1. The summed E-state index contributed by atoms with van der Waals surface area (Å²) in [5, 5.41) is 0. The van der Waals surface area contributed by atoms with E-state index in [1.807, 2.05) is 14.0 Å². The van der Waals surface area contributed by atoms with Gasteiger partial charge in [0.25, 0.3) is 0 Å². The second kappa shape index (κ2) is 5.67. The first-order valence-corrected chi connectivity index (χ1v) is 6.31. The lowest BCUT2D eigenvalue weighted by atomic mass is 9.96. The van der Waals surface area contributed by atoms with E-state index in [9.17, 15) is 4.79 Å². The predicted molar refractivity (Wildman–Crippen MR) is 65.2 cm³/mol. The van der Waals surface area contributed by atoms with Crippen molar-refractivity contribution < 1.29 is 9.53 Å². The molecule has 0 aromatic carbocycles. The van der Waals surface area contributed by atoms with Crippen molar-refractivity contribution in [2.75, 3.05) is 14.2 Å². The normalized spacial score (nSPS) is 31.8. The van der Waals surface area contributed by atoms with Crippen molar-refractivity contribution in [3.8, 4) is 0 Å². The van der Waals surface area contributed by atoms with Crippen LogP contribution >= 0.6 is 0 Å². The summed E-state index contributed by atoms with van der Waals surface area (Å²) in [4.78, 5) is 13.7. The van der Waals surface area contributed by atoms with Gasteiger partial charge in [0.2, 0.25) is 0 Å². The van der Waals surface area contributed by atoms with Gasteiger partial charge in [0.1, 0.15) is 6.04 Å². The van der Waals surface area contributed by atoms with E-state index in [-0.39, 0.29) is 12.0 Å². The Morgan fingerprint density at radius 1 is 1.50 bits per heavy atom. The van der Waals surface area contributed by atoms with E-state index in [4.69, 9.17) is 4.74 Å². The predicted octanol–water partition coefficient (Wildman–Crippen LogP) is 2.30. The molecule has 0 aromatic heterocycles. The van der Waals surface area contributed by atoms with Crippen molar-refractivity contribution >= 4 is 5.97 Å². The third-order valence-corrected chi connectivity index (χ3v) is 4.28. The lowest BCUT2D eigenvalue weighted by molar-refractivity contribution is -0.146. The number of nitrogens with zero attached hydrogens (tertiary/aromatic N) is 1. The maximum absolute atomic E-state index is 11.5. The molecule has 0 saturated heterocycles. The number of ether oxygens (including phenoxy) is 1. The minimum absolute atomic E-state index is 0.127. The molecule has 2 unspecified atom stereocenters. The number of methoxy groups -OCH3 is 1. The number of hydrogen-bond acceptors (Lipinski definition) is 3. The number of likely N-dealkylation sites (N-methyl/N-ethyl adjacent to an activating group) is 1. The standard InChI is InChI=1S/C13H25NO2/c1-6-11-8-12(7-9(11)2)14(4)10(3)13(15)16-5/h9-12H,6-8H2,1-5H3/t9-,10?,11-,12?/m0/s1. The van der Waals surface area contributed by atoms with Crippen LogP contribution in [0, 0.1) is 11.8 Å². The molecule has 1 saturated carbocycles. The first kappa shape index (κ1) is 13.5. The molecule has 4 atom stereocenters. The van der Waals surface area contributed by atoms with Crippen molar-refractivity contribution in [3.63, 3.8) is 0 Å². The molecule has 0 heterocycles. The Labute approximate surface area is 99.1 Å². The van der Waals surface area contributed by atoms with Gasteiger partial charge in [-0.15, -0.1) is 0 Å². The van der Waals surface area contributed by atoms with Crippen molar-refractivity contribution in [2.45, 2.75) is 52.1 Å². The monoisotopic (exact) mass is 227 g/mol. The van der Waals surface area contributed by atoms with E-state index in [0.717, 1.165) is 11.8 Å². The molecule has 0 N–H and O–H groups in total. The average Bonchev–Trinajstić information content (AvgIpc) is 2.67. The fourth-order valence-corrected chi connectivity index (χ4v) is 2.85. The number of rotatable bonds is 4. The molecule has 16 heavy (non-hydrogen) atoms. The molecule has 94 valence electrons. The Morgan fingerprint density at radius 2 is 2.12 bits per heavy atom. The van der Waals surface area contributed by atoms with E-state index in [1.54, 1.807) is 0 Å². The summed E-state index contributed by atoms with van der Waals surface area (Å²) in [5.41, 5.74) is 0. The highest BCUT2D eigenvalue weighted by Crippen LogP contribution is 2.36. The van der Waals surface area contributed by atoms with Gasteiger partial charge < -0.3 is 4.74 Å². The molecule has 0 bridgehead atoms. The van der Waals surface area contributed by atoms with Crippen LogP contribution in [0.2, 0.25) is 0 Å². The van der Waals surface area contributed by atoms with Gasteiger partial charge in [-0.3, -0.25) is 9.69 Å². The smallest absolute Gasteiger partial charge is 0.322 e. The van der Waals surface area contributed by atoms with E-state index in [1.165, 1.54) is 26.4 Å². The maximum atomic E-state index is 11.5. The van der Waals surface area contributed by atoms with Crippen LogP contribution in [0.15, 0.2) is 0 Å². The molecule has 1 aliphatic carbocycles. The topological polar surface area (TPSA) is 29.5 Å². The summed E-state index contributed by atoms with van der Waals surface area (Å²) in [6.45, 7) is 6.51. The van der Waals surface area contributed by atoms with Crippen molar-refractivity contribution in [3.05, 3.63) is 0 Å². The van der Waals surface area contributed by atoms with Crippen LogP contribution in [0.25, 0.3) is 0 Å². The second-order valence-corrected chi connectivity index (χ2v) is 5.14. The lowest BCUT2D eigenvalue weighted by Crippen LogP contribution is -2.42. The second-order valence-electron chi connectivity index (χ2n) is 5.14. The van der Waals surface area contributed by atoms with Crippen LogP contribution in [0.1, 0.15) is 40.0 Å². The molecule has 0 spiro atoms. The Bertz CT molecular complexity index is 242. The Morgan fingerprint density at radius 3 is 2.56 bits per heavy atom. The minimum Gasteiger partial charge on any atom is -0.468 e. The van der Waals surface area contributed by atoms with Gasteiger partial charge >= 0.3 is 5.97 Å². The SMILES string of the molecule is CC[C@H]1CC(N(C)C(C)C(=O)OC)C[C@@H]1C. The van der Waals surface area contributed by atoms with Gasteiger partial charge in [0.05, 0.1) is 7.11 Å². The maximum Gasteiger partial charge on any atom is 0.322 e. The van der Waals surface area contributed by atoms with Gasteiger partial charge in [0.15, 0.2) is 0 Å². The summed E-state index contributed by atoms with van der Waals surface area (Å²) in [5.74, 6) is 1.47. The molecular formula is C13H25NO2. The summed E-state index contributed by atoms with van der Waals surface area (Å²) < 4.78 is 4.79. The summed E-state index contributed by atoms with van der Waals surface area (Å²) in [6.07, 6.45) is 3.67. The van der Waals surface area contributed by atoms with Crippen LogP contribution in [0.3, 0.4) is 0 Å². The average molecular weight is 227 g/mol. The van der Waals surface area contributed by atoms with E-state index < -0.39 is 0 Å². The quantitative estimate of drug-likeness (QED) is 0.690. The third kappa shape index (κ3) is 2.76. The molecule has 3 nitrogen and oxygen atoms in total. The zero-order valence-corrected chi connectivity index (χ0v) is 11.2. The largest absolute Gasteiger partial charge is 0.468 e. The lowest BCUT2D eigenvalue weighted by Gasteiger charge is -2.28.